The first-order chi connectivity index (χ1) is 5.69. The predicted octanol–water partition coefficient (Wildman–Crippen LogP) is 2.05. The zero-order valence-corrected chi connectivity index (χ0v) is 7.96. The van der Waals surface area contributed by atoms with Crippen molar-refractivity contribution in [2.75, 3.05) is 0 Å². The van der Waals surface area contributed by atoms with Gasteiger partial charge in [-0.2, -0.15) is 0 Å². The van der Waals surface area contributed by atoms with Crippen LogP contribution in [0.3, 0.4) is 0 Å². The summed E-state index contributed by atoms with van der Waals surface area (Å²) < 4.78 is 0. The molecule has 3 aliphatic carbocycles. The van der Waals surface area contributed by atoms with Gasteiger partial charge in [0.05, 0.1) is 6.10 Å². The molecule has 0 heterocycles. The summed E-state index contributed by atoms with van der Waals surface area (Å²) in [6.07, 6.45) is 3.97. The van der Waals surface area contributed by atoms with E-state index < -0.39 is 0 Å². The van der Waals surface area contributed by atoms with Gasteiger partial charge in [-0.05, 0) is 41.9 Å². The van der Waals surface area contributed by atoms with E-state index in [1.807, 2.05) is 0 Å². The lowest BCUT2D eigenvalue weighted by molar-refractivity contribution is -0.159. The van der Waals surface area contributed by atoms with Gasteiger partial charge in [0.2, 0.25) is 0 Å². The number of rotatable bonds is 1. The molecular formula is C11H18O. The fourth-order valence-corrected chi connectivity index (χ4v) is 4.49. The largest absolute Gasteiger partial charge is 0.393 e. The van der Waals surface area contributed by atoms with Gasteiger partial charge in [0.15, 0.2) is 0 Å². The molecule has 0 spiro atoms. The third-order valence-corrected chi connectivity index (χ3v) is 5.39. The Hall–Kier alpha value is -0.0400. The molecule has 0 aromatic heterocycles. The average molecular weight is 166 g/mol. The highest BCUT2D eigenvalue weighted by Crippen LogP contribution is 2.76. The molecule has 1 N–H and O–H groups in total. The molecule has 0 aromatic carbocycles. The van der Waals surface area contributed by atoms with Crippen LogP contribution in [0.15, 0.2) is 0 Å². The van der Waals surface area contributed by atoms with Gasteiger partial charge in [-0.1, -0.05) is 20.3 Å². The molecule has 12 heavy (non-hydrogen) atoms. The molecule has 3 saturated carbocycles. The highest BCUT2D eigenvalue weighted by molar-refractivity contribution is 5.20. The van der Waals surface area contributed by atoms with E-state index in [0.29, 0.717) is 17.3 Å². The van der Waals surface area contributed by atoms with Crippen LogP contribution in [0.4, 0.5) is 0 Å². The summed E-state index contributed by atoms with van der Waals surface area (Å²) in [5.74, 6) is 3.17. The van der Waals surface area contributed by atoms with Crippen LogP contribution in [0.1, 0.15) is 33.1 Å². The van der Waals surface area contributed by atoms with Crippen molar-refractivity contribution in [3.05, 3.63) is 0 Å². The minimum Gasteiger partial charge on any atom is -0.393 e. The maximum atomic E-state index is 10.0. The Morgan fingerprint density at radius 2 is 2.00 bits per heavy atom. The maximum absolute atomic E-state index is 10.0. The summed E-state index contributed by atoms with van der Waals surface area (Å²) in [6, 6.07) is 0. The number of hydrogen-bond acceptors (Lipinski definition) is 1. The molecule has 0 bridgehead atoms. The third-order valence-electron chi connectivity index (χ3n) is 5.39. The summed E-state index contributed by atoms with van der Waals surface area (Å²) in [5.41, 5.74) is 0.583. The van der Waals surface area contributed by atoms with Crippen LogP contribution in [0, 0.1) is 29.1 Å². The lowest BCUT2D eigenvalue weighted by atomic mass is 9.41. The van der Waals surface area contributed by atoms with Crippen molar-refractivity contribution < 1.29 is 5.11 Å². The van der Waals surface area contributed by atoms with Crippen molar-refractivity contribution in [1.29, 1.82) is 0 Å². The zero-order chi connectivity index (χ0) is 8.51. The summed E-state index contributed by atoms with van der Waals surface area (Å²) in [5, 5.41) is 10.0. The van der Waals surface area contributed by atoms with E-state index >= 15 is 0 Å². The topological polar surface area (TPSA) is 20.2 Å². The van der Waals surface area contributed by atoms with Gasteiger partial charge < -0.3 is 5.11 Å². The van der Waals surface area contributed by atoms with Gasteiger partial charge >= 0.3 is 0 Å². The minimum absolute atomic E-state index is 0.0451. The maximum Gasteiger partial charge on any atom is 0.0604 e. The molecule has 1 heteroatoms. The van der Waals surface area contributed by atoms with Crippen molar-refractivity contribution >= 4 is 0 Å². The van der Waals surface area contributed by atoms with Crippen LogP contribution in [0.25, 0.3) is 0 Å². The van der Waals surface area contributed by atoms with Gasteiger partial charge in [-0.25, -0.2) is 0 Å². The predicted molar refractivity (Wildman–Crippen MR) is 47.6 cm³/mol. The van der Waals surface area contributed by atoms with Crippen molar-refractivity contribution in [1.82, 2.24) is 0 Å². The lowest BCUT2D eigenvalue weighted by Gasteiger charge is -2.63. The van der Waals surface area contributed by atoms with E-state index in [-0.39, 0.29) is 6.10 Å². The molecule has 3 rings (SSSR count). The Labute approximate surface area is 74.2 Å². The third kappa shape index (κ3) is 0.501. The second-order valence-electron chi connectivity index (χ2n) is 5.31. The second kappa shape index (κ2) is 1.89. The fraction of sp³-hybridized carbons (Fsp3) is 1.00. The van der Waals surface area contributed by atoms with Crippen molar-refractivity contribution in [2.24, 2.45) is 29.1 Å². The summed E-state index contributed by atoms with van der Waals surface area (Å²) >= 11 is 0. The number of aliphatic hydroxyl groups excluding tert-OH is 1. The van der Waals surface area contributed by atoms with Gasteiger partial charge in [-0.15, -0.1) is 0 Å². The quantitative estimate of drug-likeness (QED) is 0.632. The Balaban J connectivity index is 1.94. The molecule has 68 valence electrons. The molecular weight excluding hydrogens is 148 g/mol. The number of hydrogen-bond donors (Lipinski definition) is 1. The summed E-state index contributed by atoms with van der Waals surface area (Å²) in [6.45, 7) is 4.65. The lowest BCUT2D eigenvalue weighted by Crippen LogP contribution is -2.57. The molecule has 3 aliphatic rings. The van der Waals surface area contributed by atoms with E-state index in [9.17, 15) is 5.11 Å². The first kappa shape index (κ1) is 7.37. The van der Waals surface area contributed by atoms with Gasteiger partial charge in [0, 0.05) is 0 Å². The van der Waals surface area contributed by atoms with E-state index in [2.05, 4.69) is 13.8 Å². The molecule has 0 amide bonds. The number of aliphatic hydroxyl groups is 1. The minimum atomic E-state index is 0.0451. The second-order valence-corrected chi connectivity index (χ2v) is 5.31. The molecule has 6 unspecified atom stereocenters. The SMILES string of the molecule is CCC1C(O)C2CC3CC1C32C. The normalized spacial score (nSPS) is 66.8. The Morgan fingerprint density at radius 3 is 2.50 bits per heavy atom. The van der Waals surface area contributed by atoms with Crippen LogP contribution in [0.5, 0.6) is 0 Å². The Kier molecular flexibility index (Phi) is 1.16. The van der Waals surface area contributed by atoms with Crippen molar-refractivity contribution in [3.63, 3.8) is 0 Å². The first-order valence-corrected chi connectivity index (χ1v) is 5.37. The molecule has 0 saturated heterocycles. The van der Waals surface area contributed by atoms with E-state index in [1.165, 1.54) is 19.3 Å². The highest BCUT2D eigenvalue weighted by atomic mass is 16.3. The van der Waals surface area contributed by atoms with E-state index in [4.69, 9.17) is 0 Å². The van der Waals surface area contributed by atoms with E-state index in [1.54, 1.807) is 0 Å². The standard InChI is InChI=1S/C11H18O/c1-3-7-8-4-6-5-9(10(7)12)11(6,8)2/h6-10,12H,3-5H2,1-2H3. The van der Waals surface area contributed by atoms with Crippen molar-refractivity contribution in [3.8, 4) is 0 Å². The van der Waals surface area contributed by atoms with Crippen LogP contribution in [-0.2, 0) is 0 Å². The van der Waals surface area contributed by atoms with Gasteiger partial charge in [-0.3, -0.25) is 0 Å². The van der Waals surface area contributed by atoms with Gasteiger partial charge in [0.1, 0.15) is 0 Å². The summed E-state index contributed by atoms with van der Waals surface area (Å²) in [4.78, 5) is 0. The van der Waals surface area contributed by atoms with Crippen LogP contribution >= 0.6 is 0 Å². The summed E-state index contributed by atoms with van der Waals surface area (Å²) in [7, 11) is 0. The molecule has 1 nitrogen and oxygen atoms in total. The van der Waals surface area contributed by atoms with Crippen LogP contribution in [-0.4, -0.2) is 11.2 Å². The zero-order valence-electron chi connectivity index (χ0n) is 7.96. The Bertz CT molecular complexity index is 225. The van der Waals surface area contributed by atoms with Crippen molar-refractivity contribution in [2.45, 2.75) is 39.2 Å². The smallest absolute Gasteiger partial charge is 0.0604 e. The molecule has 3 fully saturated rings. The van der Waals surface area contributed by atoms with Crippen LogP contribution in [0.2, 0.25) is 0 Å². The first-order valence-electron chi connectivity index (χ1n) is 5.37. The fourth-order valence-electron chi connectivity index (χ4n) is 4.49. The van der Waals surface area contributed by atoms with E-state index in [0.717, 1.165) is 11.8 Å². The van der Waals surface area contributed by atoms with Crippen LogP contribution < -0.4 is 0 Å². The monoisotopic (exact) mass is 166 g/mol. The molecule has 6 atom stereocenters. The Morgan fingerprint density at radius 1 is 1.33 bits per heavy atom. The highest BCUT2D eigenvalue weighted by Gasteiger charge is 2.72. The van der Waals surface area contributed by atoms with Gasteiger partial charge in [0.25, 0.3) is 0 Å². The molecule has 0 aromatic rings. The molecule has 0 radical (unpaired) electrons. The molecule has 0 aliphatic heterocycles. The average Bonchev–Trinajstić information content (AvgIpc) is 2.23.